The van der Waals surface area contributed by atoms with Crippen LogP contribution in [0.1, 0.15) is 28.8 Å². The van der Waals surface area contributed by atoms with E-state index < -0.39 is 5.82 Å². The van der Waals surface area contributed by atoms with Crippen LogP contribution in [0.5, 0.6) is 0 Å². The van der Waals surface area contributed by atoms with E-state index in [1.165, 1.54) is 12.1 Å². The van der Waals surface area contributed by atoms with Crippen molar-refractivity contribution in [2.45, 2.75) is 17.7 Å². The van der Waals surface area contributed by atoms with E-state index in [1.807, 2.05) is 41.3 Å². The number of thioether (sulfide) groups is 1. The number of halogens is 1. The van der Waals surface area contributed by atoms with Gasteiger partial charge in [-0.1, -0.05) is 42.5 Å². The molecule has 0 bridgehead atoms. The number of benzene rings is 2. The molecule has 150 valence electrons. The minimum Gasteiger partial charge on any atom is -0.338 e. The van der Waals surface area contributed by atoms with Gasteiger partial charge in [0.2, 0.25) is 5.91 Å². The van der Waals surface area contributed by atoms with Gasteiger partial charge in [0, 0.05) is 31.5 Å². The molecule has 0 unspecified atom stereocenters. The molecule has 1 spiro atoms. The van der Waals surface area contributed by atoms with Crippen LogP contribution < -0.4 is 0 Å². The van der Waals surface area contributed by atoms with E-state index in [0.29, 0.717) is 32.5 Å². The number of piperidine rings is 1. The molecule has 0 saturated carbocycles. The van der Waals surface area contributed by atoms with Crippen LogP contribution in [0.3, 0.4) is 0 Å². The van der Waals surface area contributed by atoms with Gasteiger partial charge >= 0.3 is 0 Å². The number of likely N-dealkylation sites (tertiary alicyclic amines) is 1. The molecule has 2 aromatic rings. The molecule has 2 aliphatic heterocycles. The molecular weight excluding hydrogens is 387 g/mol. The summed E-state index contributed by atoms with van der Waals surface area (Å²) in [6.07, 6.45) is 4.88. The van der Waals surface area contributed by atoms with Crippen molar-refractivity contribution in [1.82, 2.24) is 9.80 Å². The zero-order chi connectivity index (χ0) is 20.3. The van der Waals surface area contributed by atoms with E-state index in [4.69, 9.17) is 0 Å². The largest absolute Gasteiger partial charge is 0.338 e. The molecule has 4 nitrogen and oxygen atoms in total. The monoisotopic (exact) mass is 410 g/mol. The quantitative estimate of drug-likeness (QED) is 0.717. The van der Waals surface area contributed by atoms with E-state index in [2.05, 4.69) is 0 Å². The Bertz CT molecular complexity index is 923. The lowest BCUT2D eigenvalue weighted by Crippen LogP contribution is -2.53. The minimum absolute atomic E-state index is 0.00716. The van der Waals surface area contributed by atoms with Crippen LogP contribution in [0.2, 0.25) is 0 Å². The van der Waals surface area contributed by atoms with Crippen LogP contribution >= 0.6 is 11.8 Å². The number of carbonyl (C=O) groups excluding carboxylic acids is 2. The Labute approximate surface area is 174 Å². The molecule has 2 amide bonds. The third kappa shape index (κ3) is 4.08. The molecule has 2 saturated heterocycles. The third-order valence-electron chi connectivity index (χ3n) is 5.60. The fraction of sp³-hybridized carbons (Fsp3) is 0.304. The zero-order valence-corrected chi connectivity index (χ0v) is 16.9. The second kappa shape index (κ2) is 8.41. The van der Waals surface area contributed by atoms with E-state index in [0.717, 1.165) is 11.3 Å². The summed E-state index contributed by atoms with van der Waals surface area (Å²) < 4.78 is 14.0. The van der Waals surface area contributed by atoms with Crippen molar-refractivity contribution in [1.29, 1.82) is 0 Å². The number of hydrogen-bond donors (Lipinski definition) is 0. The first-order valence-electron chi connectivity index (χ1n) is 9.82. The molecule has 2 aromatic carbocycles. The van der Waals surface area contributed by atoms with E-state index in [1.54, 1.807) is 34.9 Å². The molecule has 29 heavy (non-hydrogen) atoms. The Morgan fingerprint density at radius 2 is 1.66 bits per heavy atom. The van der Waals surface area contributed by atoms with E-state index in [-0.39, 0.29) is 22.2 Å². The minimum atomic E-state index is -0.490. The number of rotatable bonds is 3. The van der Waals surface area contributed by atoms with E-state index >= 15 is 0 Å². The summed E-state index contributed by atoms with van der Waals surface area (Å²) in [5.41, 5.74) is 1.10. The summed E-state index contributed by atoms with van der Waals surface area (Å²) in [6, 6.07) is 15.9. The maximum absolute atomic E-state index is 14.0. The Morgan fingerprint density at radius 3 is 2.38 bits per heavy atom. The van der Waals surface area contributed by atoms with Gasteiger partial charge in [-0.2, -0.15) is 0 Å². The second-order valence-corrected chi connectivity index (χ2v) is 8.76. The zero-order valence-electron chi connectivity index (χ0n) is 16.1. The average molecular weight is 411 g/mol. The maximum Gasteiger partial charge on any atom is 0.256 e. The summed E-state index contributed by atoms with van der Waals surface area (Å²) in [5, 5.41) is 0. The Kier molecular flexibility index (Phi) is 5.72. The third-order valence-corrected chi connectivity index (χ3v) is 7.15. The second-order valence-electron chi connectivity index (χ2n) is 7.30. The van der Waals surface area contributed by atoms with Gasteiger partial charge < -0.3 is 9.80 Å². The summed E-state index contributed by atoms with van der Waals surface area (Å²) >= 11 is 1.80. The van der Waals surface area contributed by atoms with Crippen LogP contribution in [-0.2, 0) is 4.79 Å². The molecule has 0 aliphatic carbocycles. The standard InChI is InChI=1S/C23H23FN2O2S/c24-20-9-5-4-8-19(20)22(28)25-14-12-23(13-15-25)26(16-17-29-23)21(27)11-10-18-6-2-1-3-7-18/h1-11H,12-17H2/b11-10+. The summed E-state index contributed by atoms with van der Waals surface area (Å²) in [4.78, 5) is 28.9. The molecule has 2 heterocycles. The van der Waals surface area contributed by atoms with Crippen molar-refractivity contribution in [3.05, 3.63) is 77.6 Å². The predicted molar refractivity (Wildman–Crippen MR) is 114 cm³/mol. The molecule has 0 atom stereocenters. The van der Waals surface area contributed by atoms with E-state index in [9.17, 15) is 14.0 Å². The SMILES string of the molecule is O=C(c1ccccc1F)N1CCC2(CC1)SCCN2C(=O)/C=C/c1ccccc1. The summed E-state index contributed by atoms with van der Waals surface area (Å²) in [6.45, 7) is 1.75. The van der Waals surface area contributed by atoms with Gasteiger partial charge in [0.1, 0.15) is 5.82 Å². The molecule has 4 rings (SSSR count). The lowest BCUT2D eigenvalue weighted by atomic mass is 10.0. The number of amides is 2. The molecule has 2 fully saturated rings. The van der Waals surface area contributed by atoms with Crippen LogP contribution in [0.15, 0.2) is 60.7 Å². The highest BCUT2D eigenvalue weighted by Gasteiger charge is 2.46. The van der Waals surface area contributed by atoms with Crippen molar-refractivity contribution in [3.8, 4) is 0 Å². The Morgan fingerprint density at radius 1 is 0.966 bits per heavy atom. The summed E-state index contributed by atoms with van der Waals surface area (Å²) in [7, 11) is 0. The van der Waals surface area contributed by atoms with Crippen molar-refractivity contribution in [2.75, 3.05) is 25.4 Å². The van der Waals surface area contributed by atoms with Crippen LogP contribution in [0.4, 0.5) is 4.39 Å². The molecule has 0 radical (unpaired) electrons. The molecular formula is C23H23FN2O2S. The normalized spacial score (nSPS) is 18.5. The van der Waals surface area contributed by atoms with Gasteiger partial charge in [-0.05, 0) is 36.6 Å². The van der Waals surface area contributed by atoms with Crippen molar-refractivity contribution in [3.63, 3.8) is 0 Å². The number of carbonyl (C=O) groups is 2. The highest BCUT2D eigenvalue weighted by atomic mass is 32.2. The van der Waals surface area contributed by atoms with Crippen LogP contribution in [0.25, 0.3) is 6.08 Å². The lowest BCUT2D eigenvalue weighted by Gasteiger charge is -2.43. The number of nitrogens with zero attached hydrogens (tertiary/aromatic N) is 2. The number of hydrogen-bond acceptors (Lipinski definition) is 3. The first-order chi connectivity index (χ1) is 14.1. The van der Waals surface area contributed by atoms with Gasteiger partial charge in [-0.3, -0.25) is 9.59 Å². The Hall–Kier alpha value is -2.60. The van der Waals surface area contributed by atoms with Gasteiger partial charge in [0.15, 0.2) is 0 Å². The summed E-state index contributed by atoms with van der Waals surface area (Å²) in [5.74, 6) is 0.137. The molecule has 0 N–H and O–H groups in total. The predicted octanol–water partition coefficient (Wildman–Crippen LogP) is 4.05. The van der Waals surface area contributed by atoms with Crippen LogP contribution in [-0.4, -0.2) is 51.9 Å². The molecule has 2 aliphatic rings. The highest BCUT2D eigenvalue weighted by Crippen LogP contribution is 2.44. The van der Waals surface area contributed by atoms with Crippen molar-refractivity contribution >= 4 is 29.7 Å². The highest BCUT2D eigenvalue weighted by molar-refractivity contribution is 8.00. The van der Waals surface area contributed by atoms with Crippen molar-refractivity contribution in [2.24, 2.45) is 0 Å². The smallest absolute Gasteiger partial charge is 0.256 e. The first kappa shape index (κ1) is 19.7. The van der Waals surface area contributed by atoms with Gasteiger partial charge in [0.25, 0.3) is 5.91 Å². The van der Waals surface area contributed by atoms with Crippen LogP contribution in [0, 0.1) is 5.82 Å². The van der Waals surface area contributed by atoms with Gasteiger partial charge in [-0.25, -0.2) is 4.39 Å². The average Bonchev–Trinajstić information content (AvgIpc) is 3.16. The Balaban J connectivity index is 1.43. The van der Waals surface area contributed by atoms with Gasteiger partial charge in [0.05, 0.1) is 10.4 Å². The van der Waals surface area contributed by atoms with Gasteiger partial charge in [-0.15, -0.1) is 11.8 Å². The van der Waals surface area contributed by atoms with Crippen molar-refractivity contribution < 1.29 is 14.0 Å². The molecule has 6 heteroatoms. The fourth-order valence-electron chi connectivity index (χ4n) is 4.02. The topological polar surface area (TPSA) is 40.6 Å². The molecule has 0 aromatic heterocycles. The first-order valence-corrected chi connectivity index (χ1v) is 10.8. The fourth-order valence-corrected chi connectivity index (χ4v) is 5.48. The lowest BCUT2D eigenvalue weighted by molar-refractivity contribution is -0.129. The maximum atomic E-state index is 14.0.